The van der Waals surface area contributed by atoms with E-state index in [1.165, 1.54) is 0 Å². The standard InChI is InChI=1S/C18H25NOSi/c1-18(2,3)21(4,5)20-17-13-9-12-16(14-17)19-15-10-7-6-8-11-15/h6-14,19H,1-5H3. The summed E-state index contributed by atoms with van der Waals surface area (Å²) in [5.41, 5.74) is 2.14. The van der Waals surface area contributed by atoms with Crippen LogP contribution in [0.2, 0.25) is 18.1 Å². The highest BCUT2D eigenvalue weighted by Gasteiger charge is 2.38. The molecule has 2 aromatic carbocycles. The number of rotatable bonds is 4. The monoisotopic (exact) mass is 299 g/mol. The molecular formula is C18H25NOSi. The summed E-state index contributed by atoms with van der Waals surface area (Å²) in [4.78, 5) is 0. The van der Waals surface area contributed by atoms with Crippen LogP contribution in [0.15, 0.2) is 54.6 Å². The molecule has 112 valence electrons. The Labute approximate surface area is 129 Å². The Balaban J connectivity index is 2.15. The fraction of sp³-hybridized carbons (Fsp3) is 0.333. The van der Waals surface area contributed by atoms with E-state index in [0.29, 0.717) is 0 Å². The molecule has 2 rings (SSSR count). The highest BCUT2D eigenvalue weighted by atomic mass is 28.4. The van der Waals surface area contributed by atoms with Gasteiger partial charge in [-0.1, -0.05) is 45.0 Å². The Morgan fingerprint density at radius 2 is 1.48 bits per heavy atom. The molecule has 0 atom stereocenters. The number of benzene rings is 2. The molecule has 0 aliphatic heterocycles. The third-order valence-electron chi connectivity index (χ3n) is 4.08. The van der Waals surface area contributed by atoms with E-state index in [9.17, 15) is 0 Å². The van der Waals surface area contributed by atoms with Gasteiger partial charge in [-0.25, -0.2) is 0 Å². The van der Waals surface area contributed by atoms with Crippen molar-refractivity contribution in [3.8, 4) is 5.75 Å². The topological polar surface area (TPSA) is 21.3 Å². The van der Waals surface area contributed by atoms with E-state index in [4.69, 9.17) is 4.43 Å². The zero-order chi connectivity index (χ0) is 15.5. The second kappa shape index (κ2) is 5.94. The van der Waals surface area contributed by atoms with Crippen LogP contribution in [-0.2, 0) is 0 Å². The SMILES string of the molecule is CC(C)(C)[Si](C)(C)Oc1cccc(Nc2ccccc2)c1. The Bertz CT molecular complexity index is 588. The van der Waals surface area contributed by atoms with Gasteiger partial charge in [-0.2, -0.15) is 0 Å². The molecule has 0 saturated heterocycles. The van der Waals surface area contributed by atoms with E-state index in [0.717, 1.165) is 17.1 Å². The maximum Gasteiger partial charge on any atom is 0.250 e. The highest BCUT2D eigenvalue weighted by molar-refractivity contribution is 6.74. The summed E-state index contributed by atoms with van der Waals surface area (Å²) in [6.07, 6.45) is 0. The largest absolute Gasteiger partial charge is 0.543 e. The predicted octanol–water partition coefficient (Wildman–Crippen LogP) is 5.81. The molecule has 0 radical (unpaired) electrons. The Kier molecular flexibility index (Phi) is 4.42. The van der Waals surface area contributed by atoms with Crippen molar-refractivity contribution in [3.05, 3.63) is 54.6 Å². The van der Waals surface area contributed by atoms with Gasteiger partial charge in [0.15, 0.2) is 0 Å². The van der Waals surface area contributed by atoms with Gasteiger partial charge < -0.3 is 9.74 Å². The van der Waals surface area contributed by atoms with Crippen LogP contribution in [0.3, 0.4) is 0 Å². The van der Waals surface area contributed by atoms with E-state index in [2.05, 4.69) is 63.4 Å². The minimum Gasteiger partial charge on any atom is -0.543 e. The van der Waals surface area contributed by atoms with E-state index in [1.54, 1.807) is 0 Å². The van der Waals surface area contributed by atoms with Gasteiger partial charge in [-0.15, -0.1) is 0 Å². The molecule has 0 aromatic heterocycles. The highest BCUT2D eigenvalue weighted by Crippen LogP contribution is 2.37. The molecule has 2 aromatic rings. The maximum atomic E-state index is 6.34. The lowest BCUT2D eigenvalue weighted by atomic mass is 10.2. The summed E-state index contributed by atoms with van der Waals surface area (Å²) in [5, 5.41) is 3.61. The lowest BCUT2D eigenvalue weighted by Crippen LogP contribution is -2.43. The number of para-hydroxylation sites is 1. The third kappa shape index (κ3) is 4.11. The van der Waals surface area contributed by atoms with Crippen LogP contribution in [0, 0.1) is 0 Å². The van der Waals surface area contributed by atoms with Crippen LogP contribution in [-0.4, -0.2) is 8.32 Å². The van der Waals surface area contributed by atoms with Crippen LogP contribution in [0.25, 0.3) is 0 Å². The van der Waals surface area contributed by atoms with Crippen LogP contribution < -0.4 is 9.74 Å². The van der Waals surface area contributed by atoms with Gasteiger partial charge in [-0.05, 0) is 42.4 Å². The molecule has 1 N–H and O–H groups in total. The van der Waals surface area contributed by atoms with Crippen molar-refractivity contribution in [2.75, 3.05) is 5.32 Å². The van der Waals surface area contributed by atoms with Crippen LogP contribution in [0.4, 0.5) is 11.4 Å². The van der Waals surface area contributed by atoms with Gasteiger partial charge >= 0.3 is 0 Å². The maximum absolute atomic E-state index is 6.34. The predicted molar refractivity (Wildman–Crippen MR) is 94.0 cm³/mol. The van der Waals surface area contributed by atoms with Crippen LogP contribution in [0.5, 0.6) is 5.75 Å². The lowest BCUT2D eigenvalue weighted by Gasteiger charge is -2.36. The van der Waals surface area contributed by atoms with Crippen molar-refractivity contribution in [2.24, 2.45) is 0 Å². The second-order valence-electron chi connectivity index (χ2n) is 6.88. The molecule has 3 heteroatoms. The molecule has 0 bridgehead atoms. The van der Waals surface area contributed by atoms with Crippen molar-refractivity contribution >= 4 is 19.7 Å². The van der Waals surface area contributed by atoms with Crippen molar-refractivity contribution in [1.82, 2.24) is 0 Å². The van der Waals surface area contributed by atoms with Gasteiger partial charge in [0.2, 0.25) is 8.32 Å². The number of hydrogen-bond donors (Lipinski definition) is 1. The molecule has 0 spiro atoms. The normalized spacial score (nSPS) is 12.0. The van der Waals surface area contributed by atoms with E-state index in [1.807, 2.05) is 30.3 Å². The first-order valence-corrected chi connectivity index (χ1v) is 10.3. The first kappa shape index (κ1) is 15.6. The molecule has 0 amide bonds. The van der Waals surface area contributed by atoms with E-state index < -0.39 is 8.32 Å². The summed E-state index contributed by atoms with van der Waals surface area (Å²) in [5.74, 6) is 0.947. The first-order chi connectivity index (χ1) is 9.78. The van der Waals surface area contributed by atoms with Crippen LogP contribution in [0.1, 0.15) is 20.8 Å². The van der Waals surface area contributed by atoms with E-state index in [-0.39, 0.29) is 5.04 Å². The molecule has 0 aliphatic rings. The minimum atomic E-state index is -1.79. The molecule has 0 aliphatic carbocycles. The summed E-state index contributed by atoms with van der Waals surface area (Å²) < 4.78 is 6.34. The molecule has 0 fully saturated rings. The average Bonchev–Trinajstić information content (AvgIpc) is 2.38. The van der Waals surface area contributed by atoms with E-state index >= 15 is 0 Å². The molecule has 0 heterocycles. The van der Waals surface area contributed by atoms with Gasteiger partial charge in [0.05, 0.1) is 0 Å². The van der Waals surface area contributed by atoms with Crippen molar-refractivity contribution in [1.29, 1.82) is 0 Å². The van der Waals surface area contributed by atoms with Crippen molar-refractivity contribution in [3.63, 3.8) is 0 Å². The van der Waals surface area contributed by atoms with Gasteiger partial charge in [0.25, 0.3) is 0 Å². The van der Waals surface area contributed by atoms with Crippen molar-refractivity contribution in [2.45, 2.75) is 38.9 Å². The molecule has 0 saturated carbocycles. The Hall–Kier alpha value is -1.74. The lowest BCUT2D eigenvalue weighted by molar-refractivity contribution is 0.492. The fourth-order valence-electron chi connectivity index (χ4n) is 1.77. The summed E-state index contributed by atoms with van der Waals surface area (Å²) in [6, 6.07) is 18.4. The van der Waals surface area contributed by atoms with Gasteiger partial charge in [0, 0.05) is 17.4 Å². The zero-order valence-corrected chi connectivity index (χ0v) is 14.6. The van der Waals surface area contributed by atoms with Gasteiger partial charge in [0.1, 0.15) is 5.75 Å². The smallest absolute Gasteiger partial charge is 0.250 e. The number of nitrogens with one attached hydrogen (secondary N) is 1. The van der Waals surface area contributed by atoms with Crippen molar-refractivity contribution < 1.29 is 4.43 Å². The minimum absolute atomic E-state index is 0.204. The van der Waals surface area contributed by atoms with Gasteiger partial charge in [-0.3, -0.25) is 0 Å². The molecular weight excluding hydrogens is 274 g/mol. The third-order valence-corrected chi connectivity index (χ3v) is 8.43. The molecule has 0 unspecified atom stereocenters. The summed E-state index contributed by atoms with van der Waals surface area (Å²) in [7, 11) is -1.79. The number of anilines is 2. The summed E-state index contributed by atoms with van der Waals surface area (Å²) in [6.45, 7) is 11.3. The second-order valence-corrected chi connectivity index (χ2v) is 11.6. The quantitative estimate of drug-likeness (QED) is 0.719. The first-order valence-electron chi connectivity index (χ1n) is 7.39. The Morgan fingerprint density at radius 1 is 0.857 bits per heavy atom. The Morgan fingerprint density at radius 3 is 2.10 bits per heavy atom. The average molecular weight is 299 g/mol. The summed E-state index contributed by atoms with van der Waals surface area (Å²) >= 11 is 0. The zero-order valence-electron chi connectivity index (χ0n) is 13.6. The number of hydrogen-bond acceptors (Lipinski definition) is 2. The fourth-order valence-corrected chi connectivity index (χ4v) is 2.80. The molecule has 2 nitrogen and oxygen atoms in total. The molecule has 21 heavy (non-hydrogen) atoms. The van der Waals surface area contributed by atoms with Crippen LogP contribution >= 0.6 is 0 Å².